The zero-order chi connectivity index (χ0) is 28.0. The summed E-state index contributed by atoms with van der Waals surface area (Å²) in [7, 11) is 3.39. The third-order valence-corrected chi connectivity index (χ3v) is 8.96. The highest BCUT2D eigenvalue weighted by atomic mass is 35.5. The third kappa shape index (κ3) is 4.38. The van der Waals surface area contributed by atoms with E-state index < -0.39 is 5.60 Å². The van der Waals surface area contributed by atoms with Crippen molar-refractivity contribution in [3.8, 4) is 11.6 Å². The van der Waals surface area contributed by atoms with Crippen LogP contribution < -0.4 is 4.74 Å². The normalized spacial score (nSPS) is 13.1. The first-order valence-corrected chi connectivity index (χ1v) is 14.0. The topological polar surface area (TPSA) is 78.0 Å². The molecule has 0 amide bonds. The molecular formula is C31H28ClN5O2S. The van der Waals surface area contributed by atoms with Gasteiger partial charge in [0, 0.05) is 47.4 Å². The monoisotopic (exact) mass is 569 g/mol. The highest BCUT2D eigenvalue weighted by Crippen LogP contribution is 2.44. The van der Waals surface area contributed by atoms with Crippen LogP contribution in [0.25, 0.3) is 16.6 Å². The van der Waals surface area contributed by atoms with Gasteiger partial charge in [0.05, 0.1) is 34.4 Å². The summed E-state index contributed by atoms with van der Waals surface area (Å²) in [5.41, 5.74) is 4.37. The van der Waals surface area contributed by atoms with E-state index in [2.05, 4.69) is 45.2 Å². The molecule has 1 unspecified atom stereocenters. The molecule has 0 spiro atoms. The van der Waals surface area contributed by atoms with Crippen LogP contribution in [0.5, 0.6) is 5.88 Å². The van der Waals surface area contributed by atoms with E-state index in [1.165, 1.54) is 0 Å². The molecule has 6 rings (SSSR count). The molecule has 9 heteroatoms. The summed E-state index contributed by atoms with van der Waals surface area (Å²) in [6.45, 7) is 4.04. The minimum atomic E-state index is -1.48. The van der Waals surface area contributed by atoms with Gasteiger partial charge in [0.15, 0.2) is 5.60 Å². The van der Waals surface area contributed by atoms with Crippen molar-refractivity contribution < 1.29 is 9.84 Å². The lowest BCUT2D eigenvalue weighted by atomic mass is 9.86. The van der Waals surface area contributed by atoms with Gasteiger partial charge in [0.2, 0.25) is 5.88 Å². The SMILES string of the molecule is COc1nc2ccc(C(O)(c3sc(C)cc3C)c3cnnn3C)cc2c(Cl)c1Cc1ccc(-n2cccc2)cc1. The van der Waals surface area contributed by atoms with E-state index in [4.69, 9.17) is 21.3 Å². The molecule has 40 heavy (non-hydrogen) atoms. The molecule has 0 saturated carbocycles. The molecule has 202 valence electrons. The minimum absolute atomic E-state index is 0.482. The number of fused-ring (bicyclic) bond motifs is 1. The van der Waals surface area contributed by atoms with Gasteiger partial charge in [0.25, 0.3) is 0 Å². The van der Waals surface area contributed by atoms with Gasteiger partial charge in [-0.25, -0.2) is 9.67 Å². The quantitative estimate of drug-likeness (QED) is 0.242. The molecule has 2 aromatic carbocycles. The Balaban J connectivity index is 1.48. The third-order valence-electron chi connectivity index (χ3n) is 7.26. The lowest BCUT2D eigenvalue weighted by molar-refractivity contribution is 0.119. The zero-order valence-electron chi connectivity index (χ0n) is 22.6. The number of aromatic nitrogens is 5. The second kappa shape index (κ2) is 10.2. The Morgan fingerprint density at radius 3 is 2.42 bits per heavy atom. The summed E-state index contributed by atoms with van der Waals surface area (Å²) < 4.78 is 9.35. The number of methoxy groups -OCH3 is 1. The van der Waals surface area contributed by atoms with Crippen LogP contribution in [0, 0.1) is 13.8 Å². The van der Waals surface area contributed by atoms with Gasteiger partial charge in [-0.15, -0.1) is 16.4 Å². The molecule has 0 aliphatic rings. The van der Waals surface area contributed by atoms with Gasteiger partial charge >= 0.3 is 0 Å². The van der Waals surface area contributed by atoms with Gasteiger partial charge in [0.1, 0.15) is 0 Å². The molecule has 0 radical (unpaired) electrons. The van der Waals surface area contributed by atoms with Crippen molar-refractivity contribution >= 4 is 33.8 Å². The van der Waals surface area contributed by atoms with Crippen molar-refractivity contribution in [1.29, 1.82) is 0 Å². The van der Waals surface area contributed by atoms with Crippen molar-refractivity contribution in [2.45, 2.75) is 25.9 Å². The van der Waals surface area contributed by atoms with Crippen molar-refractivity contribution in [2.24, 2.45) is 7.05 Å². The number of hydrogen-bond acceptors (Lipinski definition) is 6. The van der Waals surface area contributed by atoms with Crippen LogP contribution in [0.1, 0.15) is 37.7 Å². The number of aliphatic hydroxyl groups is 1. The molecule has 0 saturated heterocycles. The number of thiophene rings is 1. The van der Waals surface area contributed by atoms with Crippen LogP contribution in [0.4, 0.5) is 0 Å². The fraction of sp³-hybridized carbons (Fsp3) is 0.194. The number of halogens is 1. The van der Waals surface area contributed by atoms with Crippen molar-refractivity contribution in [3.63, 3.8) is 0 Å². The molecule has 1 N–H and O–H groups in total. The first kappa shape index (κ1) is 26.3. The van der Waals surface area contributed by atoms with E-state index in [0.29, 0.717) is 34.1 Å². The molecule has 0 bridgehead atoms. The lowest BCUT2D eigenvalue weighted by Crippen LogP contribution is -2.31. The molecule has 6 aromatic rings. The summed E-state index contributed by atoms with van der Waals surface area (Å²) in [5, 5.41) is 21.9. The number of nitrogens with zero attached hydrogens (tertiary/aromatic N) is 5. The first-order valence-electron chi connectivity index (χ1n) is 12.8. The largest absolute Gasteiger partial charge is 0.481 e. The van der Waals surface area contributed by atoms with Gasteiger partial charge in [-0.3, -0.25) is 0 Å². The number of aryl methyl sites for hydroxylation is 3. The van der Waals surface area contributed by atoms with Crippen LogP contribution in [0.3, 0.4) is 0 Å². The molecule has 7 nitrogen and oxygen atoms in total. The Hall–Kier alpha value is -3.98. The fourth-order valence-electron chi connectivity index (χ4n) is 5.30. The van der Waals surface area contributed by atoms with Gasteiger partial charge in [-0.05, 0) is 73.0 Å². The average molecular weight is 570 g/mol. The Labute approximate surface area is 241 Å². The Morgan fingerprint density at radius 2 is 1.80 bits per heavy atom. The predicted octanol–water partition coefficient (Wildman–Crippen LogP) is 6.37. The molecule has 0 aliphatic heterocycles. The number of benzene rings is 2. The second-order valence-electron chi connectivity index (χ2n) is 9.90. The van der Waals surface area contributed by atoms with E-state index in [1.807, 2.05) is 56.6 Å². The fourth-order valence-corrected chi connectivity index (χ4v) is 6.75. The van der Waals surface area contributed by atoms with Crippen LogP contribution >= 0.6 is 22.9 Å². The van der Waals surface area contributed by atoms with E-state index in [-0.39, 0.29) is 0 Å². The predicted molar refractivity (Wildman–Crippen MR) is 159 cm³/mol. The van der Waals surface area contributed by atoms with Crippen molar-refractivity contribution in [1.82, 2.24) is 24.5 Å². The Bertz CT molecular complexity index is 1830. The minimum Gasteiger partial charge on any atom is -0.481 e. The zero-order valence-corrected chi connectivity index (χ0v) is 24.2. The average Bonchev–Trinajstić information content (AvgIpc) is 3.72. The molecule has 0 aliphatic carbocycles. The number of pyridine rings is 1. The highest BCUT2D eigenvalue weighted by Gasteiger charge is 2.40. The highest BCUT2D eigenvalue weighted by molar-refractivity contribution is 7.12. The van der Waals surface area contributed by atoms with E-state index in [9.17, 15) is 5.11 Å². The van der Waals surface area contributed by atoms with Gasteiger partial charge in [-0.1, -0.05) is 35.0 Å². The summed E-state index contributed by atoms with van der Waals surface area (Å²) in [4.78, 5) is 6.71. The Kier molecular flexibility index (Phi) is 6.70. The molecule has 4 heterocycles. The molecule has 0 fully saturated rings. The lowest BCUT2D eigenvalue weighted by Gasteiger charge is -2.29. The van der Waals surface area contributed by atoms with Gasteiger partial charge in [-0.2, -0.15) is 0 Å². The summed E-state index contributed by atoms with van der Waals surface area (Å²) in [5.74, 6) is 0.482. The van der Waals surface area contributed by atoms with Crippen molar-refractivity contribution in [3.05, 3.63) is 122 Å². The second-order valence-corrected chi connectivity index (χ2v) is 11.5. The summed E-state index contributed by atoms with van der Waals surface area (Å²) in [6, 6.07) is 20.1. The molecule has 4 aromatic heterocycles. The first-order chi connectivity index (χ1) is 19.3. The summed E-state index contributed by atoms with van der Waals surface area (Å²) >= 11 is 8.67. The van der Waals surface area contributed by atoms with Crippen molar-refractivity contribution in [2.75, 3.05) is 7.11 Å². The maximum absolute atomic E-state index is 12.5. The smallest absolute Gasteiger partial charge is 0.218 e. The number of hydrogen-bond donors (Lipinski definition) is 1. The van der Waals surface area contributed by atoms with E-state index in [0.717, 1.165) is 37.5 Å². The van der Waals surface area contributed by atoms with Crippen LogP contribution in [0.15, 0.2) is 79.3 Å². The maximum Gasteiger partial charge on any atom is 0.218 e. The van der Waals surface area contributed by atoms with Crippen LogP contribution in [0.2, 0.25) is 5.02 Å². The maximum atomic E-state index is 12.5. The van der Waals surface area contributed by atoms with E-state index >= 15 is 0 Å². The molecule has 1 atom stereocenters. The van der Waals surface area contributed by atoms with Gasteiger partial charge < -0.3 is 14.4 Å². The standard InChI is InChI=1S/C31H28ClN5O2S/c1-19-15-20(2)40-29(19)31(38,27-18-33-35-36(27)3)22-9-12-26-24(17-22)28(32)25(30(34-26)39-4)16-21-7-10-23(11-8-21)37-13-5-6-14-37/h5-15,17-18,38H,16H2,1-4H3. The number of ether oxygens (including phenoxy) is 1. The summed E-state index contributed by atoms with van der Waals surface area (Å²) in [6.07, 6.45) is 6.18. The van der Waals surface area contributed by atoms with E-state index in [1.54, 1.807) is 36.4 Å². The van der Waals surface area contributed by atoms with Crippen LogP contribution in [-0.4, -0.2) is 36.8 Å². The molecular weight excluding hydrogens is 542 g/mol. The van der Waals surface area contributed by atoms with Crippen LogP contribution in [-0.2, 0) is 19.1 Å². The number of rotatable bonds is 7. The Morgan fingerprint density at radius 1 is 1.05 bits per heavy atom.